The van der Waals surface area contributed by atoms with Crippen LogP contribution in [0.2, 0.25) is 0 Å². The van der Waals surface area contributed by atoms with Crippen LogP contribution in [0.15, 0.2) is 58.4 Å². The number of hydrogen-bond donors (Lipinski definition) is 3. The van der Waals surface area contributed by atoms with E-state index in [1.807, 2.05) is 0 Å². The van der Waals surface area contributed by atoms with Crippen LogP contribution in [0.1, 0.15) is 10.4 Å². The third-order valence-corrected chi connectivity index (χ3v) is 7.16. The molecular formula is C22H21FN4O6S. The Bertz CT molecular complexity index is 1420. The number of halogens is 1. The SMILES string of the molecule is O=C(CNC(=O)c1c[nH]c2ccccc2c1=O)Nc1ccc(F)c(S(=O)(=O)N2CCOCC2)c1. The van der Waals surface area contributed by atoms with E-state index in [4.69, 9.17) is 4.74 Å². The van der Waals surface area contributed by atoms with Gasteiger partial charge in [-0.1, -0.05) is 12.1 Å². The van der Waals surface area contributed by atoms with Crippen LogP contribution >= 0.6 is 0 Å². The lowest BCUT2D eigenvalue weighted by Crippen LogP contribution is -2.41. The third kappa shape index (κ3) is 4.83. The van der Waals surface area contributed by atoms with Gasteiger partial charge in [0.05, 0.1) is 19.8 Å². The average molecular weight is 488 g/mol. The number of fused-ring (bicyclic) bond motifs is 1. The summed E-state index contributed by atoms with van der Waals surface area (Å²) >= 11 is 0. The maximum atomic E-state index is 14.3. The van der Waals surface area contributed by atoms with Gasteiger partial charge in [-0.3, -0.25) is 14.4 Å². The predicted octanol–water partition coefficient (Wildman–Crippen LogP) is 1.06. The molecule has 1 aliphatic rings. The van der Waals surface area contributed by atoms with Gasteiger partial charge in [-0.15, -0.1) is 0 Å². The molecule has 4 rings (SSSR count). The molecule has 0 aliphatic carbocycles. The lowest BCUT2D eigenvalue weighted by Gasteiger charge is -2.26. The topological polar surface area (TPSA) is 138 Å². The largest absolute Gasteiger partial charge is 0.379 e. The Labute approximate surface area is 193 Å². The molecule has 0 atom stereocenters. The predicted molar refractivity (Wildman–Crippen MR) is 122 cm³/mol. The van der Waals surface area contributed by atoms with Crippen molar-refractivity contribution in [3.8, 4) is 0 Å². The van der Waals surface area contributed by atoms with Crippen molar-refractivity contribution in [2.45, 2.75) is 4.90 Å². The lowest BCUT2D eigenvalue weighted by molar-refractivity contribution is -0.115. The number of sulfonamides is 1. The Hall–Kier alpha value is -3.61. The molecule has 1 aliphatic heterocycles. The molecule has 2 aromatic carbocycles. The maximum Gasteiger partial charge on any atom is 0.257 e. The maximum absolute atomic E-state index is 14.3. The number of benzene rings is 2. The van der Waals surface area contributed by atoms with Crippen molar-refractivity contribution in [1.29, 1.82) is 0 Å². The Balaban J connectivity index is 1.43. The number of carbonyl (C=O) groups is 2. The summed E-state index contributed by atoms with van der Waals surface area (Å²) in [6, 6.07) is 9.86. The first-order valence-corrected chi connectivity index (χ1v) is 11.8. The van der Waals surface area contributed by atoms with E-state index < -0.39 is 44.5 Å². The Morgan fingerprint density at radius 3 is 2.62 bits per heavy atom. The van der Waals surface area contributed by atoms with Crippen LogP contribution in [0, 0.1) is 5.82 Å². The molecule has 1 fully saturated rings. The van der Waals surface area contributed by atoms with Gasteiger partial charge in [0.25, 0.3) is 5.91 Å². The highest BCUT2D eigenvalue weighted by Crippen LogP contribution is 2.23. The number of carbonyl (C=O) groups excluding carboxylic acids is 2. The normalized spacial score (nSPS) is 14.6. The number of H-pyrrole nitrogens is 1. The molecule has 1 aromatic heterocycles. The number of nitrogens with zero attached hydrogens (tertiary/aromatic N) is 1. The van der Waals surface area contributed by atoms with Crippen molar-refractivity contribution >= 4 is 38.4 Å². The number of pyridine rings is 1. The molecule has 34 heavy (non-hydrogen) atoms. The minimum absolute atomic E-state index is 0.0380. The number of ether oxygens (including phenoxy) is 1. The summed E-state index contributed by atoms with van der Waals surface area (Å²) < 4.78 is 46.1. The second kappa shape index (κ2) is 9.71. The quantitative estimate of drug-likeness (QED) is 0.474. The molecule has 0 saturated carbocycles. The number of para-hydroxylation sites is 1. The van der Waals surface area contributed by atoms with E-state index in [-0.39, 0.29) is 37.6 Å². The Morgan fingerprint density at radius 2 is 1.85 bits per heavy atom. The molecule has 3 N–H and O–H groups in total. The van der Waals surface area contributed by atoms with Crippen LogP contribution in [0.25, 0.3) is 10.9 Å². The van der Waals surface area contributed by atoms with E-state index in [0.717, 1.165) is 16.4 Å². The molecule has 0 radical (unpaired) electrons. The number of anilines is 1. The van der Waals surface area contributed by atoms with Crippen LogP contribution < -0.4 is 16.1 Å². The Morgan fingerprint density at radius 1 is 1.12 bits per heavy atom. The van der Waals surface area contributed by atoms with Crippen LogP contribution in [-0.2, 0) is 19.6 Å². The van der Waals surface area contributed by atoms with Gasteiger partial charge < -0.3 is 20.4 Å². The highest BCUT2D eigenvalue weighted by Gasteiger charge is 2.29. The van der Waals surface area contributed by atoms with E-state index in [9.17, 15) is 27.2 Å². The molecule has 1 saturated heterocycles. The molecule has 2 heterocycles. The van der Waals surface area contributed by atoms with E-state index in [1.54, 1.807) is 24.3 Å². The zero-order valence-corrected chi connectivity index (χ0v) is 18.7. The van der Waals surface area contributed by atoms with Crippen molar-refractivity contribution in [1.82, 2.24) is 14.6 Å². The van der Waals surface area contributed by atoms with Crippen LogP contribution in [0.4, 0.5) is 10.1 Å². The van der Waals surface area contributed by atoms with Crippen LogP contribution in [0.3, 0.4) is 0 Å². The van der Waals surface area contributed by atoms with Gasteiger partial charge in [0, 0.05) is 35.9 Å². The summed E-state index contributed by atoms with van der Waals surface area (Å²) in [5.74, 6) is -2.39. The molecular weight excluding hydrogens is 467 g/mol. The summed E-state index contributed by atoms with van der Waals surface area (Å²) in [7, 11) is -4.12. The first kappa shape index (κ1) is 23.5. The van der Waals surface area contributed by atoms with Crippen molar-refractivity contribution in [3.05, 3.63) is 70.3 Å². The summed E-state index contributed by atoms with van der Waals surface area (Å²) in [6.45, 7) is 0.110. The number of morpholine rings is 1. The fraction of sp³-hybridized carbons (Fsp3) is 0.227. The van der Waals surface area contributed by atoms with Crippen molar-refractivity contribution in [2.75, 3.05) is 38.2 Å². The van der Waals surface area contributed by atoms with Crippen LogP contribution in [-0.4, -0.2) is 62.4 Å². The van der Waals surface area contributed by atoms with E-state index in [0.29, 0.717) is 10.9 Å². The number of aromatic nitrogens is 1. The monoisotopic (exact) mass is 488 g/mol. The second-order valence-electron chi connectivity index (χ2n) is 7.47. The third-order valence-electron chi connectivity index (χ3n) is 5.25. The summed E-state index contributed by atoms with van der Waals surface area (Å²) in [6.07, 6.45) is 1.26. The lowest BCUT2D eigenvalue weighted by atomic mass is 10.1. The summed E-state index contributed by atoms with van der Waals surface area (Å²) in [5.41, 5.74) is -0.0344. The Kier molecular flexibility index (Phi) is 6.72. The summed E-state index contributed by atoms with van der Waals surface area (Å²) in [5, 5.41) is 5.10. The molecule has 0 bridgehead atoms. The molecule has 0 spiro atoms. The van der Waals surface area contributed by atoms with E-state index in [1.165, 1.54) is 12.3 Å². The number of aromatic amines is 1. The fourth-order valence-electron chi connectivity index (χ4n) is 3.50. The minimum atomic E-state index is -4.12. The van der Waals surface area contributed by atoms with E-state index in [2.05, 4.69) is 15.6 Å². The number of nitrogens with one attached hydrogen (secondary N) is 3. The van der Waals surface area contributed by atoms with Crippen LogP contribution in [0.5, 0.6) is 0 Å². The van der Waals surface area contributed by atoms with Gasteiger partial charge in [-0.2, -0.15) is 4.31 Å². The van der Waals surface area contributed by atoms with E-state index >= 15 is 0 Å². The standard InChI is InChI=1S/C22H21FN4O6S/c23-17-6-5-14(11-19(17)34(31,32)27-7-9-33-10-8-27)26-20(28)13-25-22(30)16-12-24-18-4-2-1-3-15(18)21(16)29/h1-6,11-12H,7-10,13H2,(H,24,29)(H,25,30)(H,26,28). The second-order valence-corrected chi connectivity index (χ2v) is 9.38. The van der Waals surface area contributed by atoms with Gasteiger partial charge in [-0.05, 0) is 30.3 Å². The summed E-state index contributed by atoms with van der Waals surface area (Å²) in [4.78, 5) is 39.5. The fourth-order valence-corrected chi connectivity index (χ4v) is 5.00. The average Bonchev–Trinajstić information content (AvgIpc) is 2.84. The van der Waals surface area contributed by atoms with Crippen molar-refractivity contribution in [3.63, 3.8) is 0 Å². The first-order chi connectivity index (χ1) is 16.3. The molecule has 178 valence electrons. The van der Waals surface area contributed by atoms with Gasteiger partial charge in [0.15, 0.2) is 0 Å². The van der Waals surface area contributed by atoms with Gasteiger partial charge in [-0.25, -0.2) is 12.8 Å². The number of rotatable bonds is 6. The zero-order valence-electron chi connectivity index (χ0n) is 17.8. The van der Waals surface area contributed by atoms with Crippen molar-refractivity contribution < 1.29 is 27.1 Å². The first-order valence-electron chi connectivity index (χ1n) is 10.3. The molecule has 0 unspecified atom stereocenters. The van der Waals surface area contributed by atoms with Crippen molar-refractivity contribution in [2.24, 2.45) is 0 Å². The van der Waals surface area contributed by atoms with Gasteiger partial charge in [0.2, 0.25) is 21.4 Å². The zero-order chi connectivity index (χ0) is 24.3. The minimum Gasteiger partial charge on any atom is -0.379 e. The molecule has 2 amide bonds. The number of hydrogen-bond acceptors (Lipinski definition) is 6. The molecule has 10 nitrogen and oxygen atoms in total. The highest BCUT2D eigenvalue weighted by molar-refractivity contribution is 7.89. The molecule has 3 aromatic rings. The highest BCUT2D eigenvalue weighted by atomic mass is 32.2. The van der Waals surface area contributed by atoms with Gasteiger partial charge in [0.1, 0.15) is 16.3 Å². The van der Waals surface area contributed by atoms with Gasteiger partial charge >= 0.3 is 0 Å². The smallest absolute Gasteiger partial charge is 0.257 e. The molecule has 12 heteroatoms. The number of amides is 2.